The standard InChI is InChI=1S/C15H27NO/c1-3-12-7-5-8-13(11-12)15(16-4-2)14-9-6-10-17-14/h9,12-13,15-16H,3-8,10-11H2,1-2H3. The van der Waals surface area contributed by atoms with Gasteiger partial charge >= 0.3 is 0 Å². The van der Waals surface area contributed by atoms with Crippen LogP contribution in [-0.4, -0.2) is 19.2 Å². The van der Waals surface area contributed by atoms with Crippen molar-refractivity contribution in [3.8, 4) is 0 Å². The van der Waals surface area contributed by atoms with Gasteiger partial charge in [0.15, 0.2) is 0 Å². The smallest absolute Gasteiger partial charge is 0.109 e. The number of likely N-dealkylation sites (N-methyl/N-ethyl adjacent to an activating group) is 1. The van der Waals surface area contributed by atoms with Crippen molar-refractivity contribution in [2.45, 2.75) is 58.4 Å². The van der Waals surface area contributed by atoms with Crippen LogP contribution in [0.15, 0.2) is 11.8 Å². The fourth-order valence-electron chi connectivity index (χ4n) is 3.38. The Morgan fingerprint density at radius 2 is 2.29 bits per heavy atom. The molecule has 0 spiro atoms. The van der Waals surface area contributed by atoms with E-state index in [1.807, 2.05) is 0 Å². The summed E-state index contributed by atoms with van der Waals surface area (Å²) < 4.78 is 5.79. The van der Waals surface area contributed by atoms with Gasteiger partial charge < -0.3 is 10.1 Å². The summed E-state index contributed by atoms with van der Waals surface area (Å²) in [5.74, 6) is 2.96. The molecule has 2 heteroatoms. The van der Waals surface area contributed by atoms with Crippen molar-refractivity contribution in [1.82, 2.24) is 5.32 Å². The number of hydrogen-bond donors (Lipinski definition) is 1. The Kier molecular flexibility index (Phi) is 4.90. The van der Waals surface area contributed by atoms with Crippen molar-refractivity contribution in [3.63, 3.8) is 0 Å². The second-order valence-corrected chi connectivity index (χ2v) is 5.48. The molecular weight excluding hydrogens is 210 g/mol. The summed E-state index contributed by atoms with van der Waals surface area (Å²) in [4.78, 5) is 0. The average Bonchev–Trinajstić information content (AvgIpc) is 2.89. The summed E-state index contributed by atoms with van der Waals surface area (Å²) in [5, 5.41) is 3.65. The van der Waals surface area contributed by atoms with Gasteiger partial charge in [-0.2, -0.15) is 0 Å². The van der Waals surface area contributed by atoms with Gasteiger partial charge in [-0.25, -0.2) is 0 Å². The Morgan fingerprint density at radius 3 is 2.94 bits per heavy atom. The topological polar surface area (TPSA) is 21.3 Å². The van der Waals surface area contributed by atoms with Crippen molar-refractivity contribution in [2.75, 3.05) is 13.2 Å². The van der Waals surface area contributed by atoms with E-state index in [1.54, 1.807) is 0 Å². The van der Waals surface area contributed by atoms with Gasteiger partial charge in [-0.1, -0.05) is 33.1 Å². The summed E-state index contributed by atoms with van der Waals surface area (Å²) in [6.45, 7) is 6.46. The summed E-state index contributed by atoms with van der Waals surface area (Å²) in [6, 6.07) is 0.483. The van der Waals surface area contributed by atoms with Crippen LogP contribution in [0.4, 0.5) is 0 Å². The van der Waals surface area contributed by atoms with E-state index in [1.165, 1.54) is 37.9 Å². The first kappa shape index (κ1) is 12.9. The quantitative estimate of drug-likeness (QED) is 0.790. The maximum Gasteiger partial charge on any atom is 0.109 e. The van der Waals surface area contributed by atoms with Crippen molar-refractivity contribution in [3.05, 3.63) is 11.8 Å². The molecule has 2 rings (SSSR count). The third kappa shape index (κ3) is 3.25. The van der Waals surface area contributed by atoms with Gasteiger partial charge in [-0.3, -0.25) is 0 Å². The molecule has 3 atom stereocenters. The minimum atomic E-state index is 0.483. The van der Waals surface area contributed by atoms with Crippen LogP contribution in [0, 0.1) is 11.8 Å². The van der Waals surface area contributed by atoms with E-state index in [2.05, 4.69) is 25.2 Å². The number of hydrogen-bond acceptors (Lipinski definition) is 2. The van der Waals surface area contributed by atoms with Gasteiger partial charge in [0, 0.05) is 6.42 Å². The molecule has 2 nitrogen and oxygen atoms in total. The molecule has 1 heterocycles. The molecule has 1 aliphatic heterocycles. The zero-order chi connectivity index (χ0) is 12.1. The van der Waals surface area contributed by atoms with Crippen LogP contribution in [-0.2, 0) is 4.74 Å². The highest BCUT2D eigenvalue weighted by Crippen LogP contribution is 2.35. The summed E-state index contributed by atoms with van der Waals surface area (Å²) in [5.41, 5.74) is 0. The lowest BCUT2D eigenvalue weighted by Crippen LogP contribution is -2.40. The van der Waals surface area contributed by atoms with E-state index in [-0.39, 0.29) is 0 Å². The molecule has 0 aromatic carbocycles. The van der Waals surface area contributed by atoms with Gasteiger partial charge in [-0.15, -0.1) is 0 Å². The average molecular weight is 237 g/mol. The summed E-state index contributed by atoms with van der Waals surface area (Å²) in [7, 11) is 0. The normalized spacial score (nSPS) is 30.8. The molecule has 98 valence electrons. The van der Waals surface area contributed by atoms with Crippen molar-refractivity contribution < 1.29 is 4.74 Å². The Hall–Kier alpha value is -0.500. The number of rotatable bonds is 5. The van der Waals surface area contributed by atoms with Crippen LogP contribution in [0.5, 0.6) is 0 Å². The van der Waals surface area contributed by atoms with Gasteiger partial charge in [0.2, 0.25) is 0 Å². The fraction of sp³-hybridized carbons (Fsp3) is 0.867. The monoisotopic (exact) mass is 237 g/mol. The molecule has 1 saturated carbocycles. The Labute approximate surface area is 106 Å². The lowest BCUT2D eigenvalue weighted by atomic mass is 9.76. The number of ether oxygens (including phenoxy) is 1. The molecule has 1 aliphatic carbocycles. The van der Waals surface area contributed by atoms with Crippen molar-refractivity contribution >= 4 is 0 Å². The van der Waals surface area contributed by atoms with Crippen molar-refractivity contribution in [1.29, 1.82) is 0 Å². The summed E-state index contributed by atoms with van der Waals surface area (Å²) in [6.07, 6.45) is 10.3. The highest BCUT2D eigenvalue weighted by atomic mass is 16.5. The second kappa shape index (κ2) is 6.44. The maximum absolute atomic E-state index is 5.79. The van der Waals surface area contributed by atoms with Gasteiger partial charge in [0.05, 0.1) is 12.6 Å². The van der Waals surface area contributed by atoms with E-state index in [9.17, 15) is 0 Å². The van der Waals surface area contributed by atoms with Gasteiger partial charge in [0.1, 0.15) is 5.76 Å². The van der Waals surface area contributed by atoms with E-state index < -0.39 is 0 Å². The van der Waals surface area contributed by atoms with E-state index >= 15 is 0 Å². The van der Waals surface area contributed by atoms with E-state index in [0.29, 0.717) is 6.04 Å². The third-order valence-electron chi connectivity index (χ3n) is 4.33. The predicted molar refractivity (Wildman–Crippen MR) is 71.9 cm³/mol. The highest BCUT2D eigenvalue weighted by Gasteiger charge is 2.31. The minimum absolute atomic E-state index is 0.483. The largest absolute Gasteiger partial charge is 0.496 e. The molecule has 3 unspecified atom stereocenters. The first-order valence-electron chi connectivity index (χ1n) is 7.41. The predicted octanol–water partition coefficient (Wildman–Crippen LogP) is 3.49. The van der Waals surface area contributed by atoms with E-state index in [4.69, 9.17) is 4.74 Å². The highest BCUT2D eigenvalue weighted by molar-refractivity contribution is 5.09. The first-order chi connectivity index (χ1) is 8.35. The molecule has 0 radical (unpaired) electrons. The lowest BCUT2D eigenvalue weighted by molar-refractivity contribution is 0.158. The van der Waals surface area contributed by atoms with Gasteiger partial charge in [0.25, 0.3) is 0 Å². The van der Waals surface area contributed by atoms with Crippen LogP contribution in [0.3, 0.4) is 0 Å². The molecule has 0 aromatic rings. The SMILES string of the molecule is CCNC(C1=CCCO1)C1CCCC(CC)C1. The molecule has 0 aromatic heterocycles. The van der Waals surface area contributed by atoms with Crippen LogP contribution < -0.4 is 5.32 Å². The zero-order valence-corrected chi connectivity index (χ0v) is 11.4. The molecular formula is C15H27NO. The molecule has 1 fully saturated rings. The molecule has 2 aliphatic rings. The van der Waals surface area contributed by atoms with E-state index in [0.717, 1.165) is 31.4 Å². The van der Waals surface area contributed by atoms with Crippen molar-refractivity contribution in [2.24, 2.45) is 11.8 Å². The first-order valence-corrected chi connectivity index (χ1v) is 7.41. The van der Waals surface area contributed by atoms with Gasteiger partial charge in [-0.05, 0) is 37.3 Å². The fourth-order valence-corrected chi connectivity index (χ4v) is 3.38. The second-order valence-electron chi connectivity index (χ2n) is 5.48. The van der Waals surface area contributed by atoms with Crippen LogP contribution >= 0.6 is 0 Å². The zero-order valence-electron chi connectivity index (χ0n) is 11.4. The maximum atomic E-state index is 5.79. The van der Waals surface area contributed by atoms with Crippen LogP contribution in [0.25, 0.3) is 0 Å². The third-order valence-corrected chi connectivity index (χ3v) is 4.33. The lowest BCUT2D eigenvalue weighted by Gasteiger charge is -2.35. The minimum Gasteiger partial charge on any atom is -0.496 e. The summed E-state index contributed by atoms with van der Waals surface area (Å²) >= 11 is 0. The molecule has 0 bridgehead atoms. The molecule has 17 heavy (non-hydrogen) atoms. The Balaban J connectivity index is 1.99. The van der Waals surface area contributed by atoms with Crippen LogP contribution in [0.2, 0.25) is 0 Å². The molecule has 0 amide bonds. The number of nitrogens with one attached hydrogen (secondary N) is 1. The Bertz CT molecular complexity index is 262. The molecule has 0 saturated heterocycles. The Morgan fingerprint density at radius 1 is 1.41 bits per heavy atom. The van der Waals surface area contributed by atoms with Crippen LogP contribution in [0.1, 0.15) is 52.4 Å². The molecule has 1 N–H and O–H groups in total.